The summed E-state index contributed by atoms with van der Waals surface area (Å²) in [6, 6.07) is 23.0. The minimum absolute atomic E-state index is 0.0406. The van der Waals surface area contributed by atoms with Crippen LogP contribution in [0.2, 0.25) is 0 Å². The molecule has 0 aromatic heterocycles. The summed E-state index contributed by atoms with van der Waals surface area (Å²) in [5, 5.41) is 9.09. The number of hydrogen-bond donors (Lipinski definition) is 1. The van der Waals surface area contributed by atoms with E-state index in [0.29, 0.717) is 23.7 Å². The first-order valence-electron chi connectivity index (χ1n) is 8.32. The second-order valence-electron chi connectivity index (χ2n) is 5.88. The van der Waals surface area contributed by atoms with Crippen LogP contribution in [0.1, 0.15) is 11.1 Å². The number of carboxylic acids is 1. The molecule has 3 aromatic rings. The lowest BCUT2D eigenvalue weighted by atomic mass is 9.99. The Bertz CT molecular complexity index is 888. The number of aliphatic carboxylic acids is 1. The molecule has 0 heterocycles. The van der Waals surface area contributed by atoms with Crippen LogP contribution in [0.3, 0.4) is 0 Å². The van der Waals surface area contributed by atoms with Gasteiger partial charge < -0.3 is 14.6 Å². The maximum absolute atomic E-state index is 11.1. The lowest BCUT2D eigenvalue weighted by Crippen LogP contribution is -2.02. The summed E-state index contributed by atoms with van der Waals surface area (Å²) in [6.45, 7) is 0.432. The monoisotopic (exact) mass is 348 g/mol. The topological polar surface area (TPSA) is 55.8 Å². The van der Waals surface area contributed by atoms with E-state index < -0.39 is 5.97 Å². The molecule has 1 N–H and O–H groups in total. The van der Waals surface area contributed by atoms with Gasteiger partial charge in [-0.05, 0) is 29.3 Å². The zero-order chi connectivity index (χ0) is 18.4. The number of benzene rings is 3. The number of rotatable bonds is 7. The Morgan fingerprint density at radius 1 is 0.846 bits per heavy atom. The molecule has 0 saturated heterocycles. The molecule has 0 atom stereocenters. The summed E-state index contributed by atoms with van der Waals surface area (Å²) in [4.78, 5) is 11.1. The lowest BCUT2D eigenvalue weighted by Gasteiger charge is -2.15. The van der Waals surface area contributed by atoms with Crippen LogP contribution in [0.5, 0.6) is 11.5 Å². The van der Waals surface area contributed by atoms with Gasteiger partial charge in [-0.15, -0.1) is 0 Å². The van der Waals surface area contributed by atoms with Gasteiger partial charge in [-0.3, -0.25) is 4.79 Å². The summed E-state index contributed by atoms with van der Waals surface area (Å²) in [7, 11) is 1.62. The van der Waals surface area contributed by atoms with E-state index in [0.717, 1.165) is 16.7 Å². The van der Waals surface area contributed by atoms with Crippen molar-refractivity contribution in [1.82, 2.24) is 0 Å². The fourth-order valence-corrected chi connectivity index (χ4v) is 2.80. The molecule has 0 bridgehead atoms. The highest BCUT2D eigenvalue weighted by Crippen LogP contribution is 2.37. The molecular formula is C22H20O4. The third-order valence-electron chi connectivity index (χ3n) is 4.03. The average Bonchev–Trinajstić information content (AvgIpc) is 2.67. The van der Waals surface area contributed by atoms with Gasteiger partial charge in [0, 0.05) is 11.1 Å². The van der Waals surface area contributed by atoms with Crippen molar-refractivity contribution >= 4 is 5.97 Å². The van der Waals surface area contributed by atoms with E-state index in [1.165, 1.54) is 0 Å². The molecule has 3 aromatic carbocycles. The van der Waals surface area contributed by atoms with E-state index in [1.54, 1.807) is 13.2 Å². The predicted octanol–water partition coefficient (Wildman–Crippen LogP) is 4.57. The molecule has 0 aliphatic rings. The van der Waals surface area contributed by atoms with Crippen molar-refractivity contribution in [2.24, 2.45) is 0 Å². The van der Waals surface area contributed by atoms with Crippen LogP contribution >= 0.6 is 0 Å². The Hall–Kier alpha value is -3.27. The van der Waals surface area contributed by atoms with E-state index >= 15 is 0 Å². The summed E-state index contributed by atoms with van der Waals surface area (Å²) < 4.78 is 11.5. The second-order valence-corrected chi connectivity index (χ2v) is 5.88. The molecule has 4 heteroatoms. The standard InChI is InChI=1S/C22H20O4/c1-25-20-10-6-5-9-18(20)19-13-17(14-22(23)24)11-12-21(19)26-15-16-7-3-2-4-8-16/h2-13H,14-15H2,1H3,(H,23,24). The second kappa shape index (κ2) is 8.21. The van der Waals surface area contributed by atoms with Crippen LogP contribution in [0.25, 0.3) is 11.1 Å². The minimum Gasteiger partial charge on any atom is -0.496 e. The molecular weight excluding hydrogens is 328 g/mol. The number of hydrogen-bond acceptors (Lipinski definition) is 3. The molecule has 0 spiro atoms. The molecule has 132 valence electrons. The SMILES string of the molecule is COc1ccccc1-c1cc(CC(=O)O)ccc1OCc1ccccc1. The van der Waals surface area contributed by atoms with Gasteiger partial charge in [0.2, 0.25) is 0 Å². The van der Waals surface area contributed by atoms with E-state index in [-0.39, 0.29) is 6.42 Å². The van der Waals surface area contributed by atoms with Crippen molar-refractivity contribution in [2.75, 3.05) is 7.11 Å². The fraction of sp³-hybridized carbons (Fsp3) is 0.136. The molecule has 4 nitrogen and oxygen atoms in total. The number of carbonyl (C=O) groups is 1. The number of carboxylic acid groups (broad SMARTS) is 1. The summed E-state index contributed by atoms with van der Waals surface area (Å²) >= 11 is 0. The highest BCUT2D eigenvalue weighted by atomic mass is 16.5. The van der Waals surface area contributed by atoms with Crippen LogP contribution in [-0.2, 0) is 17.8 Å². The van der Waals surface area contributed by atoms with Crippen molar-refractivity contribution in [2.45, 2.75) is 13.0 Å². The Labute approximate surface area is 152 Å². The van der Waals surface area contributed by atoms with Gasteiger partial charge in [0.25, 0.3) is 0 Å². The van der Waals surface area contributed by atoms with E-state index in [2.05, 4.69) is 0 Å². The van der Waals surface area contributed by atoms with Gasteiger partial charge in [-0.25, -0.2) is 0 Å². The zero-order valence-corrected chi connectivity index (χ0v) is 14.5. The van der Waals surface area contributed by atoms with Crippen molar-refractivity contribution in [3.63, 3.8) is 0 Å². The summed E-state index contributed by atoms with van der Waals surface area (Å²) in [5.41, 5.74) is 3.46. The van der Waals surface area contributed by atoms with Gasteiger partial charge in [-0.1, -0.05) is 54.6 Å². The van der Waals surface area contributed by atoms with Crippen molar-refractivity contribution in [1.29, 1.82) is 0 Å². The molecule has 26 heavy (non-hydrogen) atoms. The predicted molar refractivity (Wildman–Crippen MR) is 101 cm³/mol. The Morgan fingerprint density at radius 2 is 1.58 bits per heavy atom. The number of ether oxygens (including phenoxy) is 2. The first-order chi connectivity index (χ1) is 12.7. The van der Waals surface area contributed by atoms with Gasteiger partial charge in [0.1, 0.15) is 18.1 Å². The molecule has 3 rings (SSSR count). The molecule has 0 aliphatic heterocycles. The molecule has 0 saturated carbocycles. The summed E-state index contributed by atoms with van der Waals surface area (Å²) in [6.07, 6.45) is -0.0406. The van der Waals surface area contributed by atoms with Crippen molar-refractivity contribution in [3.8, 4) is 22.6 Å². The minimum atomic E-state index is -0.867. The molecule has 0 fully saturated rings. The molecule has 0 unspecified atom stereocenters. The van der Waals surface area contributed by atoms with Crippen LogP contribution in [-0.4, -0.2) is 18.2 Å². The maximum Gasteiger partial charge on any atom is 0.307 e. The van der Waals surface area contributed by atoms with Crippen LogP contribution in [0.4, 0.5) is 0 Å². The fourth-order valence-electron chi connectivity index (χ4n) is 2.80. The normalized spacial score (nSPS) is 10.3. The van der Waals surface area contributed by atoms with Gasteiger partial charge in [0.15, 0.2) is 0 Å². The molecule has 0 aliphatic carbocycles. The lowest BCUT2D eigenvalue weighted by molar-refractivity contribution is -0.136. The van der Waals surface area contributed by atoms with Gasteiger partial charge in [0.05, 0.1) is 13.5 Å². The number of para-hydroxylation sites is 1. The first kappa shape index (κ1) is 17.5. The average molecular weight is 348 g/mol. The smallest absolute Gasteiger partial charge is 0.307 e. The Balaban J connectivity index is 1.98. The molecule has 0 radical (unpaired) electrons. The van der Waals surface area contributed by atoms with Crippen molar-refractivity contribution < 1.29 is 19.4 Å². The Kier molecular flexibility index (Phi) is 5.54. The van der Waals surface area contributed by atoms with Gasteiger partial charge >= 0.3 is 5.97 Å². The quantitative estimate of drug-likeness (QED) is 0.680. The first-order valence-corrected chi connectivity index (χ1v) is 8.32. The Morgan fingerprint density at radius 3 is 2.31 bits per heavy atom. The third-order valence-corrected chi connectivity index (χ3v) is 4.03. The van der Waals surface area contributed by atoms with Crippen LogP contribution in [0, 0.1) is 0 Å². The molecule has 0 amide bonds. The van der Waals surface area contributed by atoms with Crippen LogP contribution in [0.15, 0.2) is 72.8 Å². The highest BCUT2D eigenvalue weighted by molar-refractivity contribution is 5.78. The zero-order valence-electron chi connectivity index (χ0n) is 14.5. The largest absolute Gasteiger partial charge is 0.496 e. The van der Waals surface area contributed by atoms with Crippen LogP contribution < -0.4 is 9.47 Å². The van der Waals surface area contributed by atoms with E-state index in [1.807, 2.05) is 66.7 Å². The highest BCUT2D eigenvalue weighted by Gasteiger charge is 2.13. The third kappa shape index (κ3) is 4.22. The van der Waals surface area contributed by atoms with E-state index in [9.17, 15) is 4.79 Å². The van der Waals surface area contributed by atoms with E-state index in [4.69, 9.17) is 14.6 Å². The van der Waals surface area contributed by atoms with Crippen molar-refractivity contribution in [3.05, 3.63) is 83.9 Å². The van der Waals surface area contributed by atoms with Gasteiger partial charge in [-0.2, -0.15) is 0 Å². The summed E-state index contributed by atoms with van der Waals surface area (Å²) in [5.74, 6) is 0.533. The maximum atomic E-state index is 11.1. The number of methoxy groups -OCH3 is 1.